The van der Waals surface area contributed by atoms with Crippen molar-refractivity contribution in [3.8, 4) is 33.3 Å². The van der Waals surface area contributed by atoms with Crippen LogP contribution in [0.4, 0.5) is 0 Å². The van der Waals surface area contributed by atoms with Gasteiger partial charge in [-0.1, -0.05) is 41.4 Å². The van der Waals surface area contributed by atoms with E-state index < -0.39 is 0 Å². The molecule has 3 heterocycles. The van der Waals surface area contributed by atoms with Gasteiger partial charge in [0.1, 0.15) is 10.8 Å². The van der Waals surface area contributed by atoms with E-state index in [2.05, 4.69) is 5.32 Å². The summed E-state index contributed by atoms with van der Waals surface area (Å²) in [7, 11) is 1.57. The van der Waals surface area contributed by atoms with Gasteiger partial charge >= 0.3 is 0 Å². The predicted molar refractivity (Wildman–Crippen MR) is 158 cm³/mol. The van der Waals surface area contributed by atoms with Gasteiger partial charge in [-0.2, -0.15) is 0 Å². The van der Waals surface area contributed by atoms with E-state index in [0.717, 1.165) is 29.9 Å². The van der Waals surface area contributed by atoms with Crippen LogP contribution in [0.3, 0.4) is 0 Å². The summed E-state index contributed by atoms with van der Waals surface area (Å²) in [6, 6.07) is 16.4. The highest BCUT2D eigenvalue weighted by molar-refractivity contribution is 7.13. The average Bonchev–Trinajstić information content (AvgIpc) is 3.44. The third-order valence-electron chi connectivity index (χ3n) is 6.50. The minimum Gasteiger partial charge on any atom is -0.495 e. The Kier molecular flexibility index (Phi) is 7.97. The largest absolute Gasteiger partial charge is 0.495 e. The van der Waals surface area contributed by atoms with Gasteiger partial charge < -0.3 is 15.0 Å². The number of rotatable bonds is 6. The molecule has 5 rings (SSSR count). The monoisotopic (exact) mass is 560 g/mol. The van der Waals surface area contributed by atoms with Crippen LogP contribution in [0.1, 0.15) is 29.9 Å². The van der Waals surface area contributed by atoms with E-state index >= 15 is 0 Å². The third kappa shape index (κ3) is 5.54. The lowest BCUT2D eigenvalue weighted by Gasteiger charge is -2.29. The van der Waals surface area contributed by atoms with Crippen molar-refractivity contribution in [3.05, 3.63) is 92.2 Å². The molecule has 1 amide bonds. The number of nitrogens with one attached hydrogen (secondary N) is 1. The minimum absolute atomic E-state index is 0.122. The molecule has 2 aromatic heterocycles. The van der Waals surface area contributed by atoms with Crippen LogP contribution < -0.4 is 15.6 Å². The number of hydrogen-bond acceptors (Lipinski definition) is 6. The molecule has 200 valence electrons. The Morgan fingerprint density at radius 1 is 1.10 bits per heavy atom. The summed E-state index contributed by atoms with van der Waals surface area (Å²) in [5, 5.41) is 6.38. The molecular weight excluding hydrogens is 532 g/mol. The van der Waals surface area contributed by atoms with E-state index in [1.807, 2.05) is 72.7 Å². The zero-order valence-corrected chi connectivity index (χ0v) is 23.6. The Balaban J connectivity index is 1.77. The van der Waals surface area contributed by atoms with E-state index in [1.165, 1.54) is 11.3 Å². The second kappa shape index (κ2) is 11.6. The number of benzene rings is 2. The molecule has 4 aromatic rings. The van der Waals surface area contributed by atoms with E-state index in [0.29, 0.717) is 51.4 Å². The molecule has 7 nitrogen and oxygen atoms in total. The molecule has 0 atom stereocenters. The van der Waals surface area contributed by atoms with Crippen molar-refractivity contribution in [1.29, 1.82) is 0 Å². The highest BCUT2D eigenvalue weighted by Gasteiger charge is 2.27. The molecule has 0 spiro atoms. The molecule has 0 unspecified atom stereocenters. The zero-order chi connectivity index (χ0) is 27.5. The number of amides is 1. The number of carbonyl (C=O) groups is 1. The number of hydrogen-bond donors (Lipinski definition) is 1. The van der Waals surface area contributed by atoms with E-state index in [-0.39, 0.29) is 11.5 Å². The SMILES string of the molecule is COc1ccccc1-n1c(C=C(C)C)c(C(=O)N2CCNCC2)cc(-c2nc(-c3ccc(Cl)cc3)cs2)c1=O. The number of pyridine rings is 1. The van der Waals surface area contributed by atoms with Gasteiger partial charge in [-0.25, -0.2) is 4.98 Å². The number of halogens is 1. The molecule has 0 bridgehead atoms. The second-order valence-electron chi connectivity index (χ2n) is 9.48. The van der Waals surface area contributed by atoms with Gasteiger partial charge in [0, 0.05) is 42.1 Å². The number of para-hydroxylation sites is 2. The summed E-state index contributed by atoms with van der Waals surface area (Å²) in [6.45, 7) is 6.52. The van der Waals surface area contributed by atoms with Gasteiger partial charge in [-0.15, -0.1) is 11.3 Å². The van der Waals surface area contributed by atoms with Crippen LogP contribution in [0.2, 0.25) is 5.02 Å². The lowest BCUT2D eigenvalue weighted by molar-refractivity contribution is 0.0735. The Bertz CT molecular complexity index is 1600. The van der Waals surface area contributed by atoms with Crippen LogP contribution >= 0.6 is 22.9 Å². The van der Waals surface area contributed by atoms with Gasteiger partial charge in [-0.05, 0) is 50.3 Å². The van der Waals surface area contributed by atoms with Crippen molar-refractivity contribution in [2.75, 3.05) is 33.3 Å². The predicted octanol–water partition coefficient (Wildman–Crippen LogP) is 5.76. The second-order valence-corrected chi connectivity index (χ2v) is 10.8. The number of thiazole rings is 1. The molecule has 0 aliphatic carbocycles. The standard InChI is InChI=1S/C30H29ClN4O3S/c1-19(2)16-26-22(29(36)34-14-12-32-13-15-34)17-23(30(37)35(26)25-6-4-5-7-27(25)38-3)28-33-24(18-39-28)20-8-10-21(31)11-9-20/h4-11,16-18,32H,12-15H2,1-3H3. The first-order valence-corrected chi connectivity index (χ1v) is 13.9. The van der Waals surface area contributed by atoms with E-state index in [4.69, 9.17) is 21.3 Å². The van der Waals surface area contributed by atoms with Gasteiger partial charge in [-0.3, -0.25) is 14.2 Å². The Labute approximate surface area is 236 Å². The summed E-state index contributed by atoms with van der Waals surface area (Å²) in [6.07, 6.45) is 1.88. The third-order valence-corrected chi connectivity index (χ3v) is 7.63. The first-order chi connectivity index (χ1) is 18.9. The zero-order valence-electron chi connectivity index (χ0n) is 22.0. The molecule has 0 radical (unpaired) electrons. The minimum atomic E-state index is -0.277. The molecule has 1 N–H and O–H groups in total. The fraction of sp³-hybridized carbons (Fsp3) is 0.233. The highest BCUT2D eigenvalue weighted by atomic mass is 35.5. The maximum Gasteiger partial charge on any atom is 0.266 e. The van der Waals surface area contributed by atoms with Crippen LogP contribution in [0, 0.1) is 0 Å². The molecule has 0 saturated carbocycles. The first kappa shape index (κ1) is 26.9. The van der Waals surface area contributed by atoms with Gasteiger partial charge in [0.25, 0.3) is 11.5 Å². The topological polar surface area (TPSA) is 76.5 Å². The van der Waals surface area contributed by atoms with Crippen molar-refractivity contribution in [2.24, 2.45) is 0 Å². The summed E-state index contributed by atoms with van der Waals surface area (Å²) in [5.41, 5.74) is 4.19. The number of ether oxygens (including phenoxy) is 1. The average molecular weight is 561 g/mol. The molecule has 1 saturated heterocycles. The lowest BCUT2D eigenvalue weighted by Crippen LogP contribution is -2.47. The smallest absolute Gasteiger partial charge is 0.266 e. The number of carbonyl (C=O) groups excluding carboxylic acids is 1. The number of aromatic nitrogens is 2. The normalized spacial score (nSPS) is 13.3. The lowest BCUT2D eigenvalue weighted by atomic mass is 10.0. The van der Waals surface area contributed by atoms with Crippen molar-refractivity contribution in [3.63, 3.8) is 0 Å². The highest BCUT2D eigenvalue weighted by Crippen LogP contribution is 2.32. The summed E-state index contributed by atoms with van der Waals surface area (Å²) in [4.78, 5) is 34.9. The van der Waals surface area contributed by atoms with E-state index in [1.54, 1.807) is 23.8 Å². The molecule has 1 aliphatic rings. The molecule has 9 heteroatoms. The van der Waals surface area contributed by atoms with Crippen LogP contribution in [0.25, 0.3) is 33.6 Å². The number of nitrogens with zero attached hydrogens (tertiary/aromatic N) is 3. The number of methoxy groups -OCH3 is 1. The fourth-order valence-electron chi connectivity index (χ4n) is 4.61. The van der Waals surface area contributed by atoms with Crippen molar-refractivity contribution < 1.29 is 9.53 Å². The maximum absolute atomic E-state index is 14.3. The molecule has 1 fully saturated rings. The summed E-state index contributed by atoms with van der Waals surface area (Å²) < 4.78 is 7.22. The van der Waals surface area contributed by atoms with E-state index in [9.17, 15) is 9.59 Å². The van der Waals surface area contributed by atoms with Crippen LogP contribution in [0.5, 0.6) is 5.75 Å². The van der Waals surface area contributed by atoms with Gasteiger partial charge in [0.05, 0.1) is 35.3 Å². The van der Waals surface area contributed by atoms with Crippen LogP contribution in [0.15, 0.2) is 70.3 Å². The first-order valence-electron chi connectivity index (χ1n) is 12.7. The molecule has 2 aromatic carbocycles. The van der Waals surface area contributed by atoms with Gasteiger partial charge in [0.2, 0.25) is 0 Å². The number of piperazine rings is 1. The van der Waals surface area contributed by atoms with Crippen LogP contribution in [-0.4, -0.2) is 53.6 Å². The summed E-state index contributed by atoms with van der Waals surface area (Å²) in [5.74, 6) is 0.407. The molecule has 39 heavy (non-hydrogen) atoms. The molecular formula is C30H29ClN4O3S. The summed E-state index contributed by atoms with van der Waals surface area (Å²) >= 11 is 7.43. The van der Waals surface area contributed by atoms with Crippen molar-refractivity contribution in [2.45, 2.75) is 13.8 Å². The van der Waals surface area contributed by atoms with Crippen molar-refractivity contribution in [1.82, 2.24) is 19.8 Å². The van der Waals surface area contributed by atoms with Crippen LogP contribution in [-0.2, 0) is 0 Å². The fourth-order valence-corrected chi connectivity index (χ4v) is 5.58. The maximum atomic E-state index is 14.3. The molecule has 1 aliphatic heterocycles. The van der Waals surface area contributed by atoms with Crippen molar-refractivity contribution >= 4 is 34.9 Å². The quantitative estimate of drug-likeness (QED) is 0.324. The Hall–Kier alpha value is -3.72. The van der Waals surface area contributed by atoms with Gasteiger partial charge in [0.15, 0.2) is 0 Å². The number of allylic oxidation sites excluding steroid dienone is 1. The Morgan fingerprint density at radius 3 is 2.51 bits per heavy atom. The Morgan fingerprint density at radius 2 is 1.82 bits per heavy atom.